The third kappa shape index (κ3) is 3.59. The van der Waals surface area contributed by atoms with Crippen molar-refractivity contribution < 1.29 is 27.4 Å². The summed E-state index contributed by atoms with van der Waals surface area (Å²) in [7, 11) is 0. The molecule has 1 aliphatic heterocycles. The van der Waals surface area contributed by atoms with E-state index in [2.05, 4.69) is 15.4 Å². The minimum absolute atomic E-state index is 0.00532. The second-order valence-electron chi connectivity index (χ2n) is 6.98. The summed E-state index contributed by atoms with van der Waals surface area (Å²) >= 11 is 0. The van der Waals surface area contributed by atoms with E-state index in [1.165, 1.54) is 36.5 Å². The number of carbonyl (C=O) groups excluding carboxylic acids is 1. The molecule has 0 saturated carbocycles. The van der Waals surface area contributed by atoms with Gasteiger partial charge in [0.1, 0.15) is 30.3 Å². The van der Waals surface area contributed by atoms with Crippen LogP contribution in [0.5, 0.6) is 11.5 Å². The lowest BCUT2D eigenvalue weighted by Crippen LogP contribution is -2.16. The molecule has 0 aliphatic carbocycles. The number of rotatable bonds is 4. The van der Waals surface area contributed by atoms with E-state index < -0.39 is 23.8 Å². The number of carbonyl (C=O) groups is 1. The lowest BCUT2D eigenvalue weighted by molar-refractivity contribution is 0.102. The second kappa shape index (κ2) is 7.88. The number of hydrogen-bond acceptors (Lipinski definition) is 5. The van der Waals surface area contributed by atoms with Crippen LogP contribution < -0.4 is 14.8 Å². The SMILES string of the molecule is O=C(Nc1ccc2c(c1)OCCO2)c1cnn2c(C(F)F)cc(-c3ccc(F)cc3)nc12. The topological polar surface area (TPSA) is 77.8 Å². The lowest BCUT2D eigenvalue weighted by Gasteiger charge is -2.18. The molecule has 0 spiro atoms. The Kier molecular flexibility index (Phi) is 4.89. The Morgan fingerprint density at radius 3 is 2.53 bits per heavy atom. The molecule has 10 heteroatoms. The van der Waals surface area contributed by atoms with Crippen molar-refractivity contribution >= 4 is 17.2 Å². The van der Waals surface area contributed by atoms with Crippen LogP contribution >= 0.6 is 0 Å². The molecule has 32 heavy (non-hydrogen) atoms. The smallest absolute Gasteiger partial charge is 0.280 e. The number of nitrogens with one attached hydrogen (secondary N) is 1. The number of amides is 1. The van der Waals surface area contributed by atoms with Crippen molar-refractivity contribution in [3.8, 4) is 22.8 Å². The van der Waals surface area contributed by atoms with E-state index in [0.717, 1.165) is 4.52 Å². The van der Waals surface area contributed by atoms with E-state index in [1.807, 2.05) is 0 Å². The molecule has 1 amide bonds. The van der Waals surface area contributed by atoms with Gasteiger partial charge < -0.3 is 14.8 Å². The van der Waals surface area contributed by atoms with Crippen LogP contribution in [0.4, 0.5) is 18.9 Å². The molecule has 0 unspecified atom stereocenters. The lowest BCUT2D eigenvalue weighted by atomic mass is 10.1. The van der Waals surface area contributed by atoms with Gasteiger partial charge in [-0.15, -0.1) is 0 Å². The predicted octanol–water partition coefficient (Wildman–Crippen LogP) is 4.50. The molecule has 3 heterocycles. The first-order valence-corrected chi connectivity index (χ1v) is 9.63. The van der Waals surface area contributed by atoms with E-state index >= 15 is 0 Å². The van der Waals surface area contributed by atoms with Gasteiger partial charge in [0.05, 0.1) is 11.9 Å². The van der Waals surface area contributed by atoms with Gasteiger partial charge in [-0.05, 0) is 42.5 Å². The minimum atomic E-state index is -2.87. The number of hydrogen-bond donors (Lipinski definition) is 1. The average molecular weight is 440 g/mol. The monoisotopic (exact) mass is 440 g/mol. The zero-order valence-electron chi connectivity index (χ0n) is 16.4. The molecule has 2 aromatic heterocycles. The first-order valence-electron chi connectivity index (χ1n) is 9.63. The van der Waals surface area contributed by atoms with Gasteiger partial charge >= 0.3 is 0 Å². The van der Waals surface area contributed by atoms with E-state index in [1.54, 1.807) is 18.2 Å². The third-order valence-electron chi connectivity index (χ3n) is 4.91. The fraction of sp³-hybridized carbons (Fsp3) is 0.136. The number of ether oxygens (including phenoxy) is 2. The number of nitrogens with zero attached hydrogens (tertiary/aromatic N) is 3. The molecule has 0 atom stereocenters. The second-order valence-corrected chi connectivity index (χ2v) is 6.98. The summed E-state index contributed by atoms with van der Waals surface area (Å²) in [5.74, 6) is 0.0106. The van der Waals surface area contributed by atoms with Crippen molar-refractivity contribution in [2.75, 3.05) is 18.5 Å². The van der Waals surface area contributed by atoms with Gasteiger partial charge in [0.25, 0.3) is 12.3 Å². The Hall–Kier alpha value is -4.08. The molecule has 2 aromatic carbocycles. The van der Waals surface area contributed by atoms with Gasteiger partial charge in [0, 0.05) is 17.3 Å². The standard InChI is InChI=1S/C22H15F3N4O3/c23-13-3-1-12(2-4-13)16-10-17(20(24)25)29-21(28-16)15(11-26-29)22(30)27-14-5-6-18-19(9-14)32-8-7-31-18/h1-6,9-11,20H,7-8H2,(H,27,30). The highest BCUT2D eigenvalue weighted by Gasteiger charge is 2.22. The highest BCUT2D eigenvalue weighted by atomic mass is 19.3. The van der Waals surface area contributed by atoms with Crippen LogP contribution in [0.15, 0.2) is 54.7 Å². The van der Waals surface area contributed by atoms with Crippen LogP contribution in [0.25, 0.3) is 16.9 Å². The van der Waals surface area contributed by atoms with Crippen LogP contribution in [0.2, 0.25) is 0 Å². The molecule has 1 aliphatic rings. The Morgan fingerprint density at radius 1 is 1.03 bits per heavy atom. The van der Waals surface area contributed by atoms with Gasteiger partial charge in [-0.25, -0.2) is 22.7 Å². The van der Waals surface area contributed by atoms with Crippen molar-refractivity contribution in [3.05, 3.63) is 71.8 Å². The fourth-order valence-corrected chi connectivity index (χ4v) is 3.39. The highest BCUT2D eigenvalue weighted by Crippen LogP contribution is 2.33. The molecular weight excluding hydrogens is 425 g/mol. The zero-order chi connectivity index (χ0) is 22.2. The third-order valence-corrected chi connectivity index (χ3v) is 4.91. The molecule has 0 radical (unpaired) electrons. The van der Waals surface area contributed by atoms with Crippen molar-refractivity contribution in [1.82, 2.24) is 14.6 Å². The molecular formula is C22H15F3N4O3. The minimum Gasteiger partial charge on any atom is -0.486 e. The summed E-state index contributed by atoms with van der Waals surface area (Å²) in [5.41, 5.74) is 0.551. The summed E-state index contributed by atoms with van der Waals surface area (Å²) in [4.78, 5) is 17.3. The maximum Gasteiger partial charge on any atom is 0.280 e. The number of benzene rings is 2. The molecule has 162 valence electrons. The highest BCUT2D eigenvalue weighted by molar-refractivity contribution is 6.08. The quantitative estimate of drug-likeness (QED) is 0.506. The number of alkyl halides is 2. The van der Waals surface area contributed by atoms with Crippen molar-refractivity contribution in [1.29, 1.82) is 0 Å². The van der Waals surface area contributed by atoms with Gasteiger partial charge in [0.15, 0.2) is 17.1 Å². The first-order chi connectivity index (χ1) is 15.5. The van der Waals surface area contributed by atoms with Gasteiger partial charge in [-0.3, -0.25) is 4.79 Å². The van der Waals surface area contributed by atoms with Crippen LogP contribution in [0.3, 0.4) is 0 Å². The maximum atomic E-state index is 13.7. The van der Waals surface area contributed by atoms with Crippen molar-refractivity contribution in [2.45, 2.75) is 6.43 Å². The summed E-state index contributed by atoms with van der Waals surface area (Å²) in [6.07, 6.45) is -1.69. The van der Waals surface area contributed by atoms with Crippen LogP contribution in [-0.2, 0) is 0 Å². The summed E-state index contributed by atoms with van der Waals surface area (Å²) < 4.78 is 52.6. The summed E-state index contributed by atoms with van der Waals surface area (Å²) in [6.45, 7) is 0.834. The van der Waals surface area contributed by atoms with E-state index in [-0.39, 0.29) is 16.9 Å². The molecule has 0 fully saturated rings. The van der Waals surface area contributed by atoms with E-state index in [9.17, 15) is 18.0 Å². The molecule has 0 saturated heterocycles. The largest absolute Gasteiger partial charge is 0.486 e. The molecule has 5 rings (SSSR count). The Morgan fingerprint density at radius 2 is 1.78 bits per heavy atom. The van der Waals surface area contributed by atoms with Crippen LogP contribution in [-0.4, -0.2) is 33.7 Å². The Labute approximate surface area is 179 Å². The van der Waals surface area contributed by atoms with Gasteiger partial charge in [-0.2, -0.15) is 5.10 Å². The Balaban J connectivity index is 1.53. The summed E-state index contributed by atoms with van der Waals surface area (Å²) in [6, 6.07) is 11.3. The van der Waals surface area contributed by atoms with Crippen LogP contribution in [0.1, 0.15) is 22.5 Å². The van der Waals surface area contributed by atoms with Gasteiger partial charge in [-0.1, -0.05) is 0 Å². The van der Waals surface area contributed by atoms with Crippen LogP contribution in [0, 0.1) is 5.82 Å². The summed E-state index contributed by atoms with van der Waals surface area (Å²) in [5, 5.41) is 6.63. The molecule has 7 nitrogen and oxygen atoms in total. The maximum absolute atomic E-state index is 13.7. The number of halogens is 3. The molecule has 0 bridgehead atoms. The predicted molar refractivity (Wildman–Crippen MR) is 109 cm³/mol. The van der Waals surface area contributed by atoms with Gasteiger partial charge in [0.2, 0.25) is 0 Å². The number of fused-ring (bicyclic) bond motifs is 2. The number of anilines is 1. The average Bonchev–Trinajstić information content (AvgIpc) is 3.23. The first kappa shape index (κ1) is 19.9. The van der Waals surface area contributed by atoms with E-state index in [0.29, 0.717) is 36.0 Å². The van der Waals surface area contributed by atoms with Crippen molar-refractivity contribution in [3.63, 3.8) is 0 Å². The Bertz CT molecular complexity index is 1320. The zero-order valence-corrected chi connectivity index (χ0v) is 16.4. The van der Waals surface area contributed by atoms with E-state index in [4.69, 9.17) is 9.47 Å². The molecule has 4 aromatic rings. The normalized spacial score (nSPS) is 12.9. The number of aromatic nitrogens is 3. The van der Waals surface area contributed by atoms with Crippen molar-refractivity contribution in [2.24, 2.45) is 0 Å². The molecule has 1 N–H and O–H groups in total. The fourth-order valence-electron chi connectivity index (χ4n) is 3.39.